The number of benzene rings is 1. The molecule has 0 spiro atoms. The van der Waals surface area contributed by atoms with Crippen LogP contribution in [0, 0.1) is 5.41 Å². The average Bonchev–Trinajstić information content (AvgIpc) is 2.98. The number of nitrogens with one attached hydrogen (secondary N) is 1. The number of hydrogen-bond donors (Lipinski definition) is 1. The molecule has 1 aromatic carbocycles. The SMILES string of the molecule is CNCC1(Cc2ccc(S(C)(=O)=O)cc2)CC1. The Labute approximate surface area is 103 Å². The van der Waals surface area contributed by atoms with Crippen molar-refractivity contribution in [3.8, 4) is 0 Å². The zero-order valence-electron chi connectivity index (χ0n) is 10.4. The average molecular weight is 253 g/mol. The fraction of sp³-hybridized carbons (Fsp3) is 0.538. The van der Waals surface area contributed by atoms with Gasteiger partial charge in [-0.25, -0.2) is 8.42 Å². The van der Waals surface area contributed by atoms with Crippen molar-refractivity contribution in [2.75, 3.05) is 19.8 Å². The zero-order chi connectivity index (χ0) is 12.5. The Hall–Kier alpha value is -0.870. The molecule has 0 aliphatic heterocycles. The Morgan fingerprint density at radius 2 is 1.82 bits per heavy atom. The Morgan fingerprint density at radius 3 is 2.24 bits per heavy atom. The van der Waals surface area contributed by atoms with Crippen LogP contribution in [-0.4, -0.2) is 28.3 Å². The van der Waals surface area contributed by atoms with Gasteiger partial charge < -0.3 is 5.32 Å². The standard InChI is InChI=1S/C13H19NO2S/c1-14-10-13(7-8-13)9-11-3-5-12(6-4-11)17(2,15)16/h3-6,14H,7-10H2,1-2H3. The number of hydrogen-bond acceptors (Lipinski definition) is 3. The summed E-state index contributed by atoms with van der Waals surface area (Å²) < 4.78 is 22.7. The lowest BCUT2D eigenvalue weighted by atomic mass is 9.96. The fourth-order valence-electron chi connectivity index (χ4n) is 2.26. The van der Waals surface area contributed by atoms with Gasteiger partial charge in [0.05, 0.1) is 4.90 Å². The lowest BCUT2D eigenvalue weighted by Crippen LogP contribution is -2.21. The molecule has 0 radical (unpaired) electrons. The molecule has 1 aliphatic rings. The lowest BCUT2D eigenvalue weighted by Gasteiger charge is -2.14. The van der Waals surface area contributed by atoms with Crippen LogP contribution in [0.15, 0.2) is 29.2 Å². The molecule has 4 heteroatoms. The van der Waals surface area contributed by atoms with Gasteiger partial charge in [-0.05, 0) is 49.4 Å². The van der Waals surface area contributed by atoms with Gasteiger partial charge >= 0.3 is 0 Å². The summed E-state index contributed by atoms with van der Waals surface area (Å²) in [6.07, 6.45) is 4.81. The van der Waals surface area contributed by atoms with Gasteiger partial charge in [0.2, 0.25) is 0 Å². The third kappa shape index (κ3) is 3.07. The lowest BCUT2D eigenvalue weighted by molar-refractivity contribution is 0.478. The summed E-state index contributed by atoms with van der Waals surface area (Å²) in [4.78, 5) is 0.403. The molecule has 1 saturated carbocycles. The van der Waals surface area contributed by atoms with Crippen molar-refractivity contribution in [3.05, 3.63) is 29.8 Å². The van der Waals surface area contributed by atoms with E-state index < -0.39 is 9.84 Å². The second-order valence-electron chi connectivity index (χ2n) is 5.12. The highest BCUT2D eigenvalue weighted by Crippen LogP contribution is 2.47. The van der Waals surface area contributed by atoms with Crippen molar-refractivity contribution in [1.29, 1.82) is 0 Å². The van der Waals surface area contributed by atoms with Gasteiger partial charge in [-0.2, -0.15) is 0 Å². The van der Waals surface area contributed by atoms with Crippen molar-refractivity contribution >= 4 is 9.84 Å². The van der Waals surface area contributed by atoms with Gasteiger partial charge in [0.25, 0.3) is 0 Å². The van der Waals surface area contributed by atoms with Crippen LogP contribution in [0.25, 0.3) is 0 Å². The van der Waals surface area contributed by atoms with Gasteiger partial charge in [-0.3, -0.25) is 0 Å². The fourth-order valence-corrected chi connectivity index (χ4v) is 2.89. The van der Waals surface area contributed by atoms with Crippen molar-refractivity contribution in [1.82, 2.24) is 5.32 Å². The van der Waals surface area contributed by atoms with E-state index in [2.05, 4.69) is 5.32 Å². The Balaban J connectivity index is 2.09. The minimum Gasteiger partial charge on any atom is -0.319 e. The third-order valence-electron chi connectivity index (χ3n) is 3.44. The van der Waals surface area contributed by atoms with Crippen molar-refractivity contribution in [2.24, 2.45) is 5.41 Å². The van der Waals surface area contributed by atoms with Gasteiger partial charge in [0.15, 0.2) is 9.84 Å². The Bertz CT molecular complexity index is 487. The molecule has 0 saturated heterocycles. The second kappa shape index (κ2) is 4.42. The number of sulfone groups is 1. The molecular formula is C13H19NO2S. The molecule has 0 unspecified atom stereocenters. The summed E-state index contributed by atoms with van der Waals surface area (Å²) in [7, 11) is -1.09. The van der Waals surface area contributed by atoms with E-state index >= 15 is 0 Å². The maximum absolute atomic E-state index is 11.3. The van der Waals surface area contributed by atoms with Crippen LogP contribution < -0.4 is 5.32 Å². The molecule has 94 valence electrons. The predicted octanol–water partition coefficient (Wildman–Crippen LogP) is 1.63. The van der Waals surface area contributed by atoms with Crippen molar-refractivity contribution in [2.45, 2.75) is 24.2 Å². The molecule has 1 aromatic rings. The Kier molecular flexibility index (Phi) is 3.27. The monoisotopic (exact) mass is 253 g/mol. The number of rotatable bonds is 5. The van der Waals surface area contributed by atoms with Crippen molar-refractivity contribution in [3.63, 3.8) is 0 Å². The van der Waals surface area contributed by atoms with E-state index in [4.69, 9.17) is 0 Å². The van der Waals surface area contributed by atoms with Crippen LogP contribution in [0.4, 0.5) is 0 Å². The normalized spacial score (nSPS) is 18.0. The van der Waals surface area contributed by atoms with E-state index in [1.165, 1.54) is 24.7 Å². The molecule has 1 N–H and O–H groups in total. The summed E-state index contributed by atoms with van der Waals surface area (Å²) in [5, 5.41) is 3.23. The molecule has 17 heavy (non-hydrogen) atoms. The van der Waals surface area contributed by atoms with E-state index in [1.807, 2.05) is 19.2 Å². The molecule has 0 aromatic heterocycles. The Morgan fingerprint density at radius 1 is 1.24 bits per heavy atom. The minimum atomic E-state index is -3.07. The van der Waals surface area contributed by atoms with Crippen LogP contribution in [0.2, 0.25) is 0 Å². The summed E-state index contributed by atoms with van der Waals surface area (Å²) in [6, 6.07) is 7.29. The largest absolute Gasteiger partial charge is 0.319 e. The molecule has 0 heterocycles. The predicted molar refractivity (Wildman–Crippen MR) is 68.8 cm³/mol. The first-order chi connectivity index (χ1) is 7.95. The third-order valence-corrected chi connectivity index (χ3v) is 4.57. The highest BCUT2D eigenvalue weighted by Gasteiger charge is 2.41. The van der Waals surface area contributed by atoms with Crippen LogP contribution in [0.5, 0.6) is 0 Å². The van der Waals surface area contributed by atoms with Crippen molar-refractivity contribution < 1.29 is 8.42 Å². The van der Waals surface area contributed by atoms with E-state index in [0.29, 0.717) is 10.3 Å². The van der Waals surface area contributed by atoms with Crippen LogP contribution in [0.1, 0.15) is 18.4 Å². The summed E-state index contributed by atoms with van der Waals surface area (Å²) in [5.41, 5.74) is 1.65. The van der Waals surface area contributed by atoms with E-state index in [0.717, 1.165) is 13.0 Å². The van der Waals surface area contributed by atoms with Gasteiger partial charge in [0, 0.05) is 12.8 Å². The van der Waals surface area contributed by atoms with Crippen LogP contribution >= 0.6 is 0 Å². The smallest absolute Gasteiger partial charge is 0.175 e. The van der Waals surface area contributed by atoms with Crippen LogP contribution in [0.3, 0.4) is 0 Å². The van der Waals surface area contributed by atoms with E-state index in [9.17, 15) is 8.42 Å². The molecule has 1 aliphatic carbocycles. The summed E-state index contributed by atoms with van der Waals surface area (Å²) in [5.74, 6) is 0. The van der Waals surface area contributed by atoms with Crippen LogP contribution in [-0.2, 0) is 16.3 Å². The highest BCUT2D eigenvalue weighted by atomic mass is 32.2. The van der Waals surface area contributed by atoms with E-state index in [-0.39, 0.29) is 0 Å². The molecule has 0 amide bonds. The topological polar surface area (TPSA) is 46.2 Å². The first-order valence-corrected chi connectivity index (χ1v) is 7.78. The summed E-state index contributed by atoms with van der Waals surface area (Å²) in [6.45, 7) is 1.04. The second-order valence-corrected chi connectivity index (χ2v) is 7.14. The molecule has 3 nitrogen and oxygen atoms in total. The van der Waals surface area contributed by atoms with Gasteiger partial charge in [-0.1, -0.05) is 12.1 Å². The first kappa shape index (κ1) is 12.6. The molecule has 1 fully saturated rings. The minimum absolute atomic E-state index is 0.403. The van der Waals surface area contributed by atoms with Gasteiger partial charge in [0.1, 0.15) is 0 Å². The maximum atomic E-state index is 11.3. The van der Waals surface area contributed by atoms with Gasteiger partial charge in [-0.15, -0.1) is 0 Å². The van der Waals surface area contributed by atoms with E-state index in [1.54, 1.807) is 12.1 Å². The maximum Gasteiger partial charge on any atom is 0.175 e. The molecule has 0 atom stereocenters. The quantitative estimate of drug-likeness (QED) is 0.867. The zero-order valence-corrected chi connectivity index (χ0v) is 11.2. The summed E-state index contributed by atoms with van der Waals surface area (Å²) >= 11 is 0. The molecule has 2 rings (SSSR count). The highest BCUT2D eigenvalue weighted by molar-refractivity contribution is 7.90. The molecular weight excluding hydrogens is 234 g/mol. The molecule has 0 bridgehead atoms. The first-order valence-electron chi connectivity index (χ1n) is 5.89.